The van der Waals surface area contributed by atoms with Gasteiger partial charge >= 0.3 is 6.36 Å². The van der Waals surface area contributed by atoms with Crippen molar-refractivity contribution in [1.29, 1.82) is 0 Å². The van der Waals surface area contributed by atoms with Gasteiger partial charge in [0.1, 0.15) is 5.75 Å². The van der Waals surface area contributed by atoms with Crippen LogP contribution in [0.3, 0.4) is 0 Å². The lowest BCUT2D eigenvalue weighted by Crippen LogP contribution is -2.34. The van der Waals surface area contributed by atoms with Crippen molar-refractivity contribution in [2.45, 2.75) is 19.7 Å². The van der Waals surface area contributed by atoms with Crippen LogP contribution in [0.25, 0.3) is 10.2 Å². The molecule has 1 fully saturated rings. The van der Waals surface area contributed by atoms with Crippen LogP contribution in [0.2, 0.25) is 0 Å². The van der Waals surface area contributed by atoms with Gasteiger partial charge in [-0.25, -0.2) is 4.98 Å². The number of carbonyl (C=O) groups is 2. The molecule has 6 nitrogen and oxygen atoms in total. The third-order valence-electron chi connectivity index (χ3n) is 3.71. The van der Waals surface area contributed by atoms with Crippen molar-refractivity contribution >= 4 is 38.5 Å². The van der Waals surface area contributed by atoms with E-state index >= 15 is 0 Å². The molecular weight excluding hydrogens is 359 g/mol. The number of hydrogen-bond donors (Lipinski definition) is 2. The van der Waals surface area contributed by atoms with E-state index in [1.165, 1.54) is 12.1 Å². The third-order valence-corrected chi connectivity index (χ3v) is 4.64. The number of benzene rings is 1. The molecule has 1 saturated carbocycles. The van der Waals surface area contributed by atoms with E-state index < -0.39 is 12.3 Å². The molecule has 1 heterocycles. The standard InChI is InChI=1S/C15H14F3N3O3S/c1-7-4-9(7)13(23)19-6-12(22)21-14-20-10-3-2-8(5-11(10)25-14)24-15(16,17)18/h2-3,5,7,9H,4,6H2,1H3,(H,19,23)(H,20,21,22)/t7-,9+/m0/s1. The zero-order chi connectivity index (χ0) is 18.2. The summed E-state index contributed by atoms with van der Waals surface area (Å²) in [4.78, 5) is 27.6. The number of anilines is 1. The van der Waals surface area contributed by atoms with Crippen LogP contribution in [0.4, 0.5) is 18.3 Å². The van der Waals surface area contributed by atoms with Crippen LogP contribution in [-0.4, -0.2) is 29.7 Å². The minimum Gasteiger partial charge on any atom is -0.406 e. The second-order valence-corrected chi connectivity index (χ2v) is 6.81. The number of hydrogen-bond acceptors (Lipinski definition) is 5. The number of ether oxygens (including phenoxy) is 1. The van der Waals surface area contributed by atoms with Crippen molar-refractivity contribution in [1.82, 2.24) is 10.3 Å². The fourth-order valence-electron chi connectivity index (χ4n) is 2.30. The zero-order valence-electron chi connectivity index (χ0n) is 13.0. The van der Waals surface area contributed by atoms with Gasteiger partial charge in [0.15, 0.2) is 5.13 Å². The van der Waals surface area contributed by atoms with Crippen molar-refractivity contribution in [3.8, 4) is 5.75 Å². The number of nitrogens with one attached hydrogen (secondary N) is 2. The molecule has 134 valence electrons. The highest BCUT2D eigenvalue weighted by Crippen LogP contribution is 2.37. The summed E-state index contributed by atoms with van der Waals surface area (Å²) in [6.45, 7) is 1.78. The summed E-state index contributed by atoms with van der Waals surface area (Å²) < 4.78 is 41.0. The topological polar surface area (TPSA) is 80.3 Å². The van der Waals surface area contributed by atoms with Crippen LogP contribution in [0.5, 0.6) is 5.75 Å². The van der Waals surface area contributed by atoms with Crippen LogP contribution in [-0.2, 0) is 9.59 Å². The van der Waals surface area contributed by atoms with Crippen LogP contribution in [0, 0.1) is 11.8 Å². The molecule has 2 N–H and O–H groups in total. The Morgan fingerprint density at radius 2 is 2.12 bits per heavy atom. The van der Waals surface area contributed by atoms with Gasteiger partial charge in [-0.3, -0.25) is 9.59 Å². The first kappa shape index (κ1) is 17.5. The highest BCUT2D eigenvalue weighted by molar-refractivity contribution is 7.22. The van der Waals surface area contributed by atoms with Gasteiger partial charge in [-0.2, -0.15) is 0 Å². The maximum Gasteiger partial charge on any atom is 0.573 e. The Bertz CT molecular complexity index is 821. The summed E-state index contributed by atoms with van der Waals surface area (Å²) in [6, 6.07) is 3.73. The summed E-state index contributed by atoms with van der Waals surface area (Å²) in [5.41, 5.74) is 0.436. The van der Waals surface area contributed by atoms with Crippen LogP contribution >= 0.6 is 11.3 Å². The molecule has 0 unspecified atom stereocenters. The normalized spacial score (nSPS) is 19.5. The molecule has 0 bridgehead atoms. The number of thiazole rings is 1. The first-order valence-electron chi connectivity index (χ1n) is 7.45. The Hall–Kier alpha value is -2.36. The van der Waals surface area contributed by atoms with Gasteiger partial charge in [0.2, 0.25) is 11.8 Å². The van der Waals surface area contributed by atoms with Crippen molar-refractivity contribution in [3.63, 3.8) is 0 Å². The number of alkyl halides is 3. The smallest absolute Gasteiger partial charge is 0.406 e. The van der Waals surface area contributed by atoms with Gasteiger partial charge < -0.3 is 15.4 Å². The van der Waals surface area contributed by atoms with Crippen molar-refractivity contribution < 1.29 is 27.5 Å². The number of carbonyl (C=O) groups excluding carboxylic acids is 2. The Morgan fingerprint density at radius 3 is 2.76 bits per heavy atom. The van der Waals surface area contributed by atoms with E-state index in [4.69, 9.17) is 0 Å². The number of nitrogens with zero attached hydrogens (tertiary/aromatic N) is 1. The van der Waals surface area contributed by atoms with E-state index in [1.807, 2.05) is 6.92 Å². The molecule has 1 aromatic carbocycles. The SMILES string of the molecule is C[C@H]1C[C@H]1C(=O)NCC(=O)Nc1nc2ccc(OC(F)(F)F)cc2s1. The molecule has 1 aliphatic rings. The van der Waals surface area contributed by atoms with Crippen LogP contribution < -0.4 is 15.4 Å². The fraction of sp³-hybridized carbons (Fsp3) is 0.400. The monoisotopic (exact) mass is 373 g/mol. The summed E-state index contributed by atoms with van der Waals surface area (Å²) in [7, 11) is 0. The van der Waals surface area contributed by atoms with Gasteiger partial charge in [0.05, 0.1) is 16.8 Å². The summed E-state index contributed by atoms with van der Waals surface area (Å²) in [6.07, 6.45) is -3.94. The molecule has 3 rings (SSSR count). The molecule has 2 atom stereocenters. The van der Waals surface area contributed by atoms with Crippen molar-refractivity contribution in [2.75, 3.05) is 11.9 Å². The second kappa shape index (κ2) is 6.51. The highest BCUT2D eigenvalue weighted by Gasteiger charge is 2.39. The average Bonchev–Trinajstić information content (AvgIpc) is 3.09. The summed E-state index contributed by atoms with van der Waals surface area (Å²) in [5.74, 6) is -0.636. The molecule has 10 heteroatoms. The zero-order valence-corrected chi connectivity index (χ0v) is 13.8. The Labute approximate surface area is 144 Å². The first-order valence-corrected chi connectivity index (χ1v) is 8.27. The number of amides is 2. The first-order chi connectivity index (χ1) is 11.7. The van der Waals surface area contributed by atoms with E-state index in [-0.39, 0.29) is 29.3 Å². The van der Waals surface area contributed by atoms with E-state index in [1.54, 1.807) is 0 Å². The van der Waals surface area contributed by atoms with Gasteiger partial charge in [0.25, 0.3) is 0 Å². The van der Waals surface area contributed by atoms with Crippen molar-refractivity contribution in [2.24, 2.45) is 11.8 Å². The van der Waals surface area contributed by atoms with Gasteiger partial charge in [0, 0.05) is 12.0 Å². The summed E-state index contributed by atoms with van der Waals surface area (Å²) in [5, 5.41) is 5.29. The Kier molecular flexibility index (Phi) is 4.55. The van der Waals surface area contributed by atoms with Gasteiger partial charge in [-0.15, -0.1) is 13.2 Å². The molecule has 1 aromatic heterocycles. The third kappa shape index (κ3) is 4.59. The molecule has 0 aliphatic heterocycles. The predicted molar refractivity (Wildman–Crippen MR) is 85.2 cm³/mol. The van der Waals surface area contributed by atoms with Crippen molar-refractivity contribution in [3.05, 3.63) is 18.2 Å². The molecule has 2 aromatic rings. The van der Waals surface area contributed by atoms with E-state index in [9.17, 15) is 22.8 Å². The van der Waals surface area contributed by atoms with Gasteiger partial charge in [-0.1, -0.05) is 18.3 Å². The lowest BCUT2D eigenvalue weighted by atomic mass is 10.3. The van der Waals surface area contributed by atoms with E-state index in [0.717, 1.165) is 23.8 Å². The number of halogens is 3. The average molecular weight is 373 g/mol. The molecular formula is C15H14F3N3O3S. The quantitative estimate of drug-likeness (QED) is 0.845. The van der Waals surface area contributed by atoms with E-state index in [0.29, 0.717) is 16.1 Å². The van der Waals surface area contributed by atoms with Crippen LogP contribution in [0.15, 0.2) is 18.2 Å². The fourth-order valence-corrected chi connectivity index (χ4v) is 3.22. The number of fused-ring (bicyclic) bond motifs is 1. The molecule has 0 spiro atoms. The van der Waals surface area contributed by atoms with Gasteiger partial charge in [-0.05, 0) is 24.5 Å². The maximum absolute atomic E-state index is 12.2. The summed E-state index contributed by atoms with van der Waals surface area (Å²) >= 11 is 1.02. The molecule has 1 aliphatic carbocycles. The number of rotatable bonds is 5. The maximum atomic E-state index is 12.2. The molecule has 25 heavy (non-hydrogen) atoms. The largest absolute Gasteiger partial charge is 0.573 e. The number of aromatic nitrogens is 1. The lowest BCUT2D eigenvalue weighted by molar-refractivity contribution is -0.274. The predicted octanol–water partition coefficient (Wildman–Crippen LogP) is 2.91. The minimum absolute atomic E-state index is 0.0256. The minimum atomic E-state index is -4.77. The molecule has 2 amide bonds. The highest BCUT2D eigenvalue weighted by atomic mass is 32.1. The van der Waals surface area contributed by atoms with Crippen LogP contribution in [0.1, 0.15) is 13.3 Å². The Balaban J connectivity index is 1.59. The molecule has 0 radical (unpaired) electrons. The lowest BCUT2D eigenvalue weighted by Gasteiger charge is -2.07. The second-order valence-electron chi connectivity index (χ2n) is 5.78. The molecule has 0 saturated heterocycles. The Morgan fingerprint density at radius 1 is 1.40 bits per heavy atom. The van der Waals surface area contributed by atoms with E-state index in [2.05, 4.69) is 20.4 Å².